The van der Waals surface area contributed by atoms with Crippen LogP contribution in [-0.4, -0.2) is 41.8 Å². The number of ether oxygens (including phenoxy) is 1. The molecule has 0 radical (unpaired) electrons. The molecule has 1 N–H and O–H groups in total. The lowest BCUT2D eigenvalue weighted by molar-refractivity contribution is 0.0191. The summed E-state index contributed by atoms with van der Waals surface area (Å²) in [7, 11) is 0. The lowest BCUT2D eigenvalue weighted by Crippen LogP contribution is -2.46. The molecule has 2 atom stereocenters. The van der Waals surface area contributed by atoms with Gasteiger partial charge >= 0.3 is 6.09 Å². The van der Waals surface area contributed by atoms with E-state index in [1.807, 2.05) is 39.5 Å². The minimum Gasteiger partial charge on any atom is -0.444 e. The van der Waals surface area contributed by atoms with Crippen molar-refractivity contribution in [2.45, 2.75) is 91.3 Å². The minimum absolute atomic E-state index is 0.159. The van der Waals surface area contributed by atoms with Gasteiger partial charge in [0.2, 0.25) is 0 Å². The Balaban J connectivity index is 2.40. The fourth-order valence-corrected chi connectivity index (χ4v) is 3.12. The van der Waals surface area contributed by atoms with Crippen LogP contribution in [-0.2, 0) is 4.74 Å². The summed E-state index contributed by atoms with van der Waals surface area (Å²) in [6.07, 6.45) is 6.34. The molecule has 4 nitrogen and oxygen atoms in total. The predicted molar refractivity (Wildman–Crippen MR) is 92.1 cm³/mol. The molecule has 2 unspecified atom stereocenters. The van der Waals surface area contributed by atoms with E-state index in [9.17, 15) is 4.79 Å². The Morgan fingerprint density at radius 1 is 1.32 bits per heavy atom. The minimum atomic E-state index is -0.435. The third kappa shape index (κ3) is 6.99. The number of rotatable bonds is 6. The number of nitrogens with zero attached hydrogens (tertiary/aromatic N) is 1. The summed E-state index contributed by atoms with van der Waals surface area (Å²) >= 11 is 0. The van der Waals surface area contributed by atoms with Crippen molar-refractivity contribution in [3.8, 4) is 0 Å². The number of carbonyl (C=O) groups is 1. The second kappa shape index (κ2) is 8.76. The molecule has 1 saturated carbocycles. The molecule has 0 heterocycles. The van der Waals surface area contributed by atoms with Crippen LogP contribution in [0.4, 0.5) is 4.79 Å². The van der Waals surface area contributed by atoms with Crippen molar-refractivity contribution in [2.24, 2.45) is 5.92 Å². The molecule has 1 rings (SSSR count). The van der Waals surface area contributed by atoms with Crippen LogP contribution in [0.25, 0.3) is 0 Å². The highest BCUT2D eigenvalue weighted by Crippen LogP contribution is 2.26. The number of hydrogen-bond acceptors (Lipinski definition) is 3. The summed E-state index contributed by atoms with van der Waals surface area (Å²) < 4.78 is 5.50. The van der Waals surface area contributed by atoms with Crippen molar-refractivity contribution in [1.29, 1.82) is 0 Å². The maximum atomic E-state index is 12.3. The second-order valence-corrected chi connectivity index (χ2v) is 7.86. The Bertz CT molecular complexity index is 336. The molecule has 1 amide bonds. The topological polar surface area (TPSA) is 41.6 Å². The van der Waals surface area contributed by atoms with Crippen LogP contribution < -0.4 is 5.32 Å². The molecule has 0 spiro atoms. The van der Waals surface area contributed by atoms with Gasteiger partial charge in [-0.25, -0.2) is 4.79 Å². The van der Waals surface area contributed by atoms with E-state index in [0.29, 0.717) is 12.6 Å². The first-order valence-corrected chi connectivity index (χ1v) is 8.96. The lowest BCUT2D eigenvalue weighted by Gasteiger charge is -2.32. The van der Waals surface area contributed by atoms with Crippen LogP contribution in [0.3, 0.4) is 0 Å². The maximum absolute atomic E-state index is 12.3. The van der Waals surface area contributed by atoms with E-state index < -0.39 is 5.60 Å². The van der Waals surface area contributed by atoms with Gasteiger partial charge in [0.05, 0.1) is 0 Å². The summed E-state index contributed by atoms with van der Waals surface area (Å²) in [5, 5.41) is 3.64. The van der Waals surface area contributed by atoms with Gasteiger partial charge < -0.3 is 15.0 Å². The van der Waals surface area contributed by atoms with Crippen molar-refractivity contribution in [3.63, 3.8) is 0 Å². The van der Waals surface area contributed by atoms with Crippen molar-refractivity contribution >= 4 is 6.09 Å². The summed E-state index contributed by atoms with van der Waals surface area (Å²) in [6, 6.07) is 0.776. The molecular formula is C18H36N2O2. The van der Waals surface area contributed by atoms with E-state index in [1.165, 1.54) is 32.1 Å². The normalized spacial score (nSPS) is 22.7. The predicted octanol–water partition coefficient (Wildman–Crippen LogP) is 4.19. The van der Waals surface area contributed by atoms with Gasteiger partial charge in [-0.1, -0.05) is 26.2 Å². The molecule has 22 heavy (non-hydrogen) atoms. The van der Waals surface area contributed by atoms with Crippen molar-refractivity contribution in [1.82, 2.24) is 10.2 Å². The van der Waals surface area contributed by atoms with E-state index in [1.54, 1.807) is 0 Å². The van der Waals surface area contributed by atoms with Crippen LogP contribution in [0.15, 0.2) is 0 Å². The van der Waals surface area contributed by atoms with E-state index in [4.69, 9.17) is 4.74 Å². The Morgan fingerprint density at radius 2 is 2.00 bits per heavy atom. The molecule has 0 aliphatic heterocycles. The quantitative estimate of drug-likeness (QED) is 0.799. The summed E-state index contributed by atoms with van der Waals surface area (Å²) in [5.41, 5.74) is -0.435. The third-order valence-corrected chi connectivity index (χ3v) is 4.40. The molecule has 130 valence electrons. The average Bonchev–Trinajstić information content (AvgIpc) is 2.41. The highest BCUT2D eigenvalue weighted by Gasteiger charge is 2.25. The van der Waals surface area contributed by atoms with Crippen LogP contribution in [0.1, 0.15) is 73.6 Å². The molecule has 4 heteroatoms. The zero-order valence-electron chi connectivity index (χ0n) is 15.4. The molecule has 0 aromatic carbocycles. The molecule has 0 saturated heterocycles. The van der Waals surface area contributed by atoms with Gasteiger partial charge in [-0.2, -0.15) is 0 Å². The lowest BCUT2D eigenvalue weighted by atomic mass is 9.84. The number of amides is 1. The van der Waals surface area contributed by atoms with Crippen molar-refractivity contribution in [2.75, 3.05) is 13.1 Å². The van der Waals surface area contributed by atoms with Crippen molar-refractivity contribution in [3.05, 3.63) is 0 Å². The maximum Gasteiger partial charge on any atom is 0.410 e. The third-order valence-electron chi connectivity index (χ3n) is 4.40. The highest BCUT2D eigenvalue weighted by atomic mass is 16.6. The number of hydrogen-bond donors (Lipinski definition) is 1. The van der Waals surface area contributed by atoms with Gasteiger partial charge in [0.15, 0.2) is 0 Å². The van der Waals surface area contributed by atoms with Gasteiger partial charge in [-0.05, 0) is 53.4 Å². The van der Waals surface area contributed by atoms with Crippen LogP contribution >= 0.6 is 0 Å². The van der Waals surface area contributed by atoms with Crippen LogP contribution in [0.2, 0.25) is 0 Å². The summed E-state index contributed by atoms with van der Waals surface area (Å²) in [5.74, 6) is 0.873. The largest absolute Gasteiger partial charge is 0.444 e. The van der Waals surface area contributed by atoms with Gasteiger partial charge in [-0.3, -0.25) is 0 Å². The van der Waals surface area contributed by atoms with Gasteiger partial charge in [0.25, 0.3) is 0 Å². The molecule has 0 bridgehead atoms. The first-order valence-electron chi connectivity index (χ1n) is 8.96. The summed E-state index contributed by atoms with van der Waals surface area (Å²) in [6.45, 7) is 13.7. The fraction of sp³-hybridized carbons (Fsp3) is 0.944. The molecule has 0 aromatic heterocycles. The van der Waals surface area contributed by atoms with Gasteiger partial charge in [-0.15, -0.1) is 0 Å². The molecule has 1 aliphatic rings. The fourth-order valence-electron chi connectivity index (χ4n) is 3.12. The standard InChI is InChI=1S/C18H36N2O2/c1-7-15-9-8-10-16(13-15)19-11-12-20(14(2)3)17(21)22-18(4,5)6/h14-16,19H,7-13H2,1-6H3. The molecule has 0 aromatic rings. The monoisotopic (exact) mass is 312 g/mol. The first kappa shape index (κ1) is 19.3. The summed E-state index contributed by atoms with van der Waals surface area (Å²) in [4.78, 5) is 14.1. The molecule has 1 fully saturated rings. The van der Waals surface area contributed by atoms with E-state index in [2.05, 4.69) is 12.2 Å². The van der Waals surface area contributed by atoms with Crippen LogP contribution in [0, 0.1) is 5.92 Å². The van der Waals surface area contributed by atoms with E-state index in [0.717, 1.165) is 12.5 Å². The van der Waals surface area contributed by atoms with Gasteiger partial charge in [0.1, 0.15) is 5.60 Å². The Labute approximate surface area is 137 Å². The average molecular weight is 312 g/mol. The van der Waals surface area contributed by atoms with Crippen molar-refractivity contribution < 1.29 is 9.53 Å². The Morgan fingerprint density at radius 3 is 2.55 bits per heavy atom. The number of nitrogens with one attached hydrogen (secondary N) is 1. The van der Waals surface area contributed by atoms with E-state index >= 15 is 0 Å². The molecular weight excluding hydrogens is 276 g/mol. The first-order chi connectivity index (χ1) is 10.2. The van der Waals surface area contributed by atoms with E-state index in [-0.39, 0.29) is 12.1 Å². The van der Waals surface area contributed by atoms with Crippen LogP contribution in [0.5, 0.6) is 0 Å². The second-order valence-electron chi connectivity index (χ2n) is 7.86. The zero-order valence-corrected chi connectivity index (χ0v) is 15.4. The highest BCUT2D eigenvalue weighted by molar-refractivity contribution is 5.68. The number of carbonyl (C=O) groups excluding carboxylic acids is 1. The SMILES string of the molecule is CCC1CCCC(NCCN(C(=O)OC(C)(C)C)C(C)C)C1. The zero-order chi connectivity index (χ0) is 16.8. The Kier molecular flexibility index (Phi) is 7.67. The smallest absolute Gasteiger partial charge is 0.410 e. The molecule has 1 aliphatic carbocycles. The van der Waals surface area contributed by atoms with Gasteiger partial charge in [0, 0.05) is 25.2 Å². The Hall–Kier alpha value is -0.770.